The summed E-state index contributed by atoms with van der Waals surface area (Å²) in [4.78, 5) is 2.05. The second-order valence-corrected chi connectivity index (χ2v) is 5.02. The van der Waals surface area contributed by atoms with Crippen LogP contribution >= 0.6 is 0 Å². The van der Waals surface area contributed by atoms with Crippen molar-refractivity contribution in [2.24, 2.45) is 0 Å². The minimum Gasteiger partial charge on any atom is -0.378 e. The molecule has 0 bridgehead atoms. The van der Waals surface area contributed by atoms with Gasteiger partial charge in [0.25, 0.3) is 0 Å². The zero-order chi connectivity index (χ0) is 14.5. The lowest BCUT2D eigenvalue weighted by atomic mass is 9.99. The van der Waals surface area contributed by atoms with Gasteiger partial charge in [-0.3, -0.25) is 0 Å². The number of nitrogens with one attached hydrogen (secondary N) is 1. The molecule has 106 valence electrons. The van der Waals surface area contributed by atoms with E-state index in [-0.39, 0.29) is 5.82 Å². The number of halogens is 1. The van der Waals surface area contributed by atoms with E-state index in [2.05, 4.69) is 29.3 Å². The van der Waals surface area contributed by atoms with Gasteiger partial charge in [0.2, 0.25) is 0 Å². The molecule has 2 aromatic rings. The number of hydrogen-bond acceptors (Lipinski definition) is 2. The van der Waals surface area contributed by atoms with Crippen LogP contribution in [-0.4, -0.2) is 20.6 Å². The Labute approximate surface area is 120 Å². The second kappa shape index (κ2) is 6.53. The van der Waals surface area contributed by atoms with Crippen LogP contribution in [0.3, 0.4) is 0 Å². The van der Waals surface area contributed by atoms with E-state index in [1.165, 1.54) is 6.07 Å². The van der Waals surface area contributed by atoms with Crippen LogP contribution in [0.15, 0.2) is 42.5 Å². The van der Waals surface area contributed by atoms with E-state index in [0.717, 1.165) is 35.5 Å². The van der Waals surface area contributed by atoms with Gasteiger partial charge in [-0.05, 0) is 47.5 Å². The minimum atomic E-state index is -0.197. The fourth-order valence-electron chi connectivity index (χ4n) is 2.17. The molecule has 2 rings (SSSR count). The van der Waals surface area contributed by atoms with E-state index in [0.29, 0.717) is 0 Å². The molecular weight excluding hydrogens is 251 g/mol. The fraction of sp³-hybridized carbons (Fsp3) is 0.294. The largest absolute Gasteiger partial charge is 0.378 e. The molecule has 0 saturated heterocycles. The minimum absolute atomic E-state index is 0.197. The Hall–Kier alpha value is -1.87. The standard InChI is InChI=1S/C17H21FN2/c1-4-19-12-14-5-8-15(18)11-17(14)13-6-9-16(10-7-13)20(2)3/h5-11,19H,4,12H2,1-3H3. The zero-order valence-corrected chi connectivity index (χ0v) is 12.3. The van der Waals surface area contributed by atoms with Gasteiger partial charge in [0.1, 0.15) is 5.82 Å². The van der Waals surface area contributed by atoms with Crippen LogP contribution in [0.2, 0.25) is 0 Å². The highest BCUT2D eigenvalue weighted by Gasteiger charge is 2.07. The average molecular weight is 272 g/mol. The summed E-state index contributed by atoms with van der Waals surface area (Å²) >= 11 is 0. The summed E-state index contributed by atoms with van der Waals surface area (Å²) in [5.41, 5.74) is 4.25. The first kappa shape index (κ1) is 14.5. The SMILES string of the molecule is CCNCc1ccc(F)cc1-c1ccc(N(C)C)cc1. The Morgan fingerprint density at radius 2 is 1.75 bits per heavy atom. The van der Waals surface area contributed by atoms with Crippen LogP contribution in [0.5, 0.6) is 0 Å². The molecule has 0 heterocycles. The molecule has 0 unspecified atom stereocenters. The van der Waals surface area contributed by atoms with Crippen LogP contribution in [0.1, 0.15) is 12.5 Å². The van der Waals surface area contributed by atoms with Crippen LogP contribution in [0, 0.1) is 5.82 Å². The zero-order valence-electron chi connectivity index (χ0n) is 12.3. The molecule has 0 saturated carbocycles. The van der Waals surface area contributed by atoms with Gasteiger partial charge in [0.05, 0.1) is 0 Å². The fourth-order valence-corrected chi connectivity index (χ4v) is 2.17. The number of benzene rings is 2. The molecule has 3 heteroatoms. The average Bonchev–Trinajstić information content (AvgIpc) is 2.46. The topological polar surface area (TPSA) is 15.3 Å². The Morgan fingerprint density at radius 1 is 1.05 bits per heavy atom. The molecule has 0 radical (unpaired) electrons. The maximum Gasteiger partial charge on any atom is 0.123 e. The van der Waals surface area contributed by atoms with Gasteiger partial charge in [-0.15, -0.1) is 0 Å². The summed E-state index contributed by atoms with van der Waals surface area (Å²) in [6, 6.07) is 13.2. The number of anilines is 1. The molecule has 1 N–H and O–H groups in total. The molecule has 20 heavy (non-hydrogen) atoms. The van der Waals surface area contributed by atoms with Gasteiger partial charge in [0.15, 0.2) is 0 Å². The third-order valence-electron chi connectivity index (χ3n) is 3.33. The van der Waals surface area contributed by atoms with Gasteiger partial charge in [-0.2, -0.15) is 0 Å². The molecule has 0 amide bonds. The normalized spacial score (nSPS) is 10.6. The molecule has 0 spiro atoms. The van der Waals surface area contributed by atoms with Crippen molar-refractivity contribution in [1.29, 1.82) is 0 Å². The molecule has 2 aromatic carbocycles. The van der Waals surface area contributed by atoms with Crippen molar-refractivity contribution in [2.45, 2.75) is 13.5 Å². The molecule has 0 aromatic heterocycles. The third kappa shape index (κ3) is 3.36. The summed E-state index contributed by atoms with van der Waals surface area (Å²) in [5.74, 6) is -0.197. The molecule has 0 fully saturated rings. The third-order valence-corrected chi connectivity index (χ3v) is 3.33. The van der Waals surface area contributed by atoms with Gasteiger partial charge in [0, 0.05) is 26.3 Å². The molecule has 0 atom stereocenters. The summed E-state index contributed by atoms with van der Waals surface area (Å²) in [6.45, 7) is 3.72. The van der Waals surface area contributed by atoms with E-state index >= 15 is 0 Å². The van der Waals surface area contributed by atoms with E-state index in [1.807, 2.05) is 32.3 Å². The number of rotatable bonds is 5. The van der Waals surface area contributed by atoms with Gasteiger partial charge in [-0.1, -0.05) is 25.1 Å². The van der Waals surface area contributed by atoms with Crippen molar-refractivity contribution in [1.82, 2.24) is 5.32 Å². The van der Waals surface area contributed by atoms with Crippen LogP contribution in [0.4, 0.5) is 10.1 Å². The van der Waals surface area contributed by atoms with Gasteiger partial charge < -0.3 is 10.2 Å². The Kier molecular flexibility index (Phi) is 4.74. The van der Waals surface area contributed by atoms with E-state index < -0.39 is 0 Å². The Balaban J connectivity index is 2.37. The highest BCUT2D eigenvalue weighted by Crippen LogP contribution is 2.26. The molecule has 0 aliphatic heterocycles. The van der Waals surface area contributed by atoms with E-state index in [9.17, 15) is 4.39 Å². The van der Waals surface area contributed by atoms with Gasteiger partial charge >= 0.3 is 0 Å². The van der Waals surface area contributed by atoms with Gasteiger partial charge in [-0.25, -0.2) is 4.39 Å². The highest BCUT2D eigenvalue weighted by molar-refractivity contribution is 5.69. The first-order valence-corrected chi connectivity index (χ1v) is 6.88. The van der Waals surface area contributed by atoms with Crippen LogP contribution in [-0.2, 0) is 6.54 Å². The smallest absolute Gasteiger partial charge is 0.123 e. The molecular formula is C17H21FN2. The van der Waals surface area contributed by atoms with E-state index in [4.69, 9.17) is 0 Å². The number of hydrogen-bond donors (Lipinski definition) is 1. The summed E-state index contributed by atoms with van der Waals surface area (Å²) in [5, 5.41) is 3.29. The second-order valence-electron chi connectivity index (χ2n) is 5.02. The van der Waals surface area contributed by atoms with Crippen LogP contribution in [0.25, 0.3) is 11.1 Å². The molecule has 2 nitrogen and oxygen atoms in total. The van der Waals surface area contributed by atoms with Crippen molar-refractivity contribution in [3.63, 3.8) is 0 Å². The summed E-state index contributed by atoms with van der Waals surface area (Å²) < 4.78 is 13.5. The lowest BCUT2D eigenvalue weighted by molar-refractivity contribution is 0.626. The van der Waals surface area contributed by atoms with Crippen molar-refractivity contribution < 1.29 is 4.39 Å². The quantitative estimate of drug-likeness (QED) is 0.893. The van der Waals surface area contributed by atoms with Crippen molar-refractivity contribution in [3.05, 3.63) is 53.8 Å². The lowest BCUT2D eigenvalue weighted by Gasteiger charge is -2.14. The summed E-state index contributed by atoms with van der Waals surface area (Å²) in [7, 11) is 4.02. The Bertz CT molecular complexity index is 562. The Morgan fingerprint density at radius 3 is 2.35 bits per heavy atom. The first-order chi connectivity index (χ1) is 9.61. The first-order valence-electron chi connectivity index (χ1n) is 6.88. The maximum atomic E-state index is 13.5. The maximum absolute atomic E-state index is 13.5. The highest BCUT2D eigenvalue weighted by atomic mass is 19.1. The van der Waals surface area contributed by atoms with Crippen LogP contribution < -0.4 is 10.2 Å². The van der Waals surface area contributed by atoms with E-state index in [1.54, 1.807) is 6.07 Å². The van der Waals surface area contributed by atoms with Crippen molar-refractivity contribution in [2.75, 3.05) is 25.5 Å². The van der Waals surface area contributed by atoms with Crippen molar-refractivity contribution >= 4 is 5.69 Å². The molecule has 0 aliphatic carbocycles. The predicted octanol–water partition coefficient (Wildman–Crippen LogP) is 3.67. The van der Waals surface area contributed by atoms with Crippen molar-refractivity contribution in [3.8, 4) is 11.1 Å². The predicted molar refractivity (Wildman–Crippen MR) is 83.5 cm³/mol. The number of nitrogens with zero attached hydrogens (tertiary/aromatic N) is 1. The molecule has 0 aliphatic rings. The summed E-state index contributed by atoms with van der Waals surface area (Å²) in [6.07, 6.45) is 0. The lowest BCUT2D eigenvalue weighted by Crippen LogP contribution is -2.12. The monoisotopic (exact) mass is 272 g/mol.